The molecule has 1 amide bonds. The summed E-state index contributed by atoms with van der Waals surface area (Å²) in [6, 6.07) is 5.46. The molecule has 1 aromatic carbocycles. The summed E-state index contributed by atoms with van der Waals surface area (Å²) in [7, 11) is 1.71. The van der Waals surface area contributed by atoms with Crippen LogP contribution in [0.5, 0.6) is 0 Å². The fourth-order valence-corrected chi connectivity index (χ4v) is 3.99. The lowest BCUT2D eigenvalue weighted by molar-refractivity contribution is -0.138. The van der Waals surface area contributed by atoms with Crippen molar-refractivity contribution >= 4 is 22.8 Å². The number of rotatable bonds is 5. The Hall–Kier alpha value is -5.01. The largest absolute Gasteiger partial charge is 0.416 e. The average Bonchev–Trinajstić information content (AvgIpc) is 3.71. The number of anilines is 1. The van der Waals surface area contributed by atoms with Gasteiger partial charge in [0.05, 0.1) is 16.8 Å². The van der Waals surface area contributed by atoms with Gasteiger partial charge in [-0.05, 0) is 23.3 Å². The molecule has 0 aliphatic carbocycles. The van der Waals surface area contributed by atoms with Crippen molar-refractivity contribution in [2.24, 2.45) is 7.05 Å². The molecule has 0 saturated carbocycles. The number of H-pyrrole nitrogens is 1. The number of aromatic nitrogens is 7. The van der Waals surface area contributed by atoms with Gasteiger partial charge < -0.3 is 20.6 Å². The lowest BCUT2D eigenvalue weighted by Gasteiger charge is -2.15. The van der Waals surface area contributed by atoms with Crippen molar-refractivity contribution in [1.29, 1.82) is 0 Å². The van der Waals surface area contributed by atoms with E-state index in [4.69, 9.17) is 10.3 Å². The Morgan fingerprint density at radius 1 is 1.14 bits per heavy atom. The van der Waals surface area contributed by atoms with Crippen LogP contribution >= 0.6 is 0 Å². The van der Waals surface area contributed by atoms with Crippen LogP contribution in [0.4, 0.5) is 18.9 Å². The monoisotopic (exact) mass is 597 g/mol. The molecule has 43 heavy (non-hydrogen) atoms. The van der Waals surface area contributed by atoms with Gasteiger partial charge in [-0.25, -0.2) is 9.97 Å². The van der Waals surface area contributed by atoms with Gasteiger partial charge in [-0.15, -0.1) is 13.2 Å². The molecular formula is C29H34F3N9O2. The summed E-state index contributed by atoms with van der Waals surface area (Å²) >= 11 is 0. The van der Waals surface area contributed by atoms with Gasteiger partial charge in [0.25, 0.3) is 0 Å². The molecule has 0 aliphatic heterocycles. The van der Waals surface area contributed by atoms with E-state index in [-0.39, 0.29) is 17.0 Å². The van der Waals surface area contributed by atoms with Crippen molar-refractivity contribution in [2.75, 3.05) is 5.73 Å². The molecule has 0 unspecified atom stereocenters. The molecular weight excluding hydrogens is 563 g/mol. The van der Waals surface area contributed by atoms with Crippen molar-refractivity contribution in [1.82, 2.24) is 40.2 Å². The van der Waals surface area contributed by atoms with Crippen LogP contribution in [0.3, 0.4) is 0 Å². The predicted octanol–water partition coefficient (Wildman–Crippen LogP) is 6.07. The van der Waals surface area contributed by atoms with Crippen LogP contribution in [0, 0.1) is 0 Å². The number of benzene rings is 1. The number of hydrogen-bond donors (Lipinski definition) is 3. The number of hydrogen-bond acceptors (Lipinski definition) is 8. The lowest BCUT2D eigenvalue weighted by Crippen LogP contribution is -2.25. The van der Waals surface area contributed by atoms with Gasteiger partial charge in [-0.2, -0.15) is 23.3 Å². The van der Waals surface area contributed by atoms with Gasteiger partial charge in [0.15, 0.2) is 23.0 Å². The van der Waals surface area contributed by atoms with E-state index in [1.165, 1.54) is 23.0 Å². The topological polar surface area (TPSA) is 153 Å². The number of carbonyl (C=O) groups excluding carboxylic acids is 1. The van der Waals surface area contributed by atoms with Gasteiger partial charge in [-0.3, -0.25) is 9.48 Å². The van der Waals surface area contributed by atoms with E-state index >= 15 is 0 Å². The van der Waals surface area contributed by atoms with E-state index in [0.29, 0.717) is 39.8 Å². The van der Waals surface area contributed by atoms with Crippen molar-refractivity contribution in [3.8, 4) is 22.6 Å². The van der Waals surface area contributed by atoms with Crippen LogP contribution in [-0.2, 0) is 25.2 Å². The first-order valence-corrected chi connectivity index (χ1v) is 13.3. The highest BCUT2D eigenvalue weighted by atomic mass is 19.4. The van der Waals surface area contributed by atoms with Crippen LogP contribution in [0.15, 0.2) is 54.3 Å². The van der Waals surface area contributed by atoms with E-state index in [1.807, 2.05) is 34.6 Å². The number of nitrogens with zero attached hydrogens (tertiary/aromatic N) is 6. The summed E-state index contributed by atoms with van der Waals surface area (Å²) in [4.78, 5) is 28.2. The predicted molar refractivity (Wildman–Crippen MR) is 158 cm³/mol. The number of aryl methyl sites for hydroxylation is 1. The fourth-order valence-electron chi connectivity index (χ4n) is 3.99. The van der Waals surface area contributed by atoms with Crippen molar-refractivity contribution in [2.45, 2.75) is 52.8 Å². The van der Waals surface area contributed by atoms with E-state index < -0.39 is 29.6 Å². The number of carbonyl (C=O) groups is 1. The summed E-state index contributed by atoms with van der Waals surface area (Å²) in [6.07, 6.45) is -1.61. The fraction of sp³-hybridized carbons (Fsp3) is 0.310. The van der Waals surface area contributed by atoms with E-state index in [2.05, 4.69) is 48.7 Å². The first kappa shape index (κ1) is 32.5. The number of amides is 1. The van der Waals surface area contributed by atoms with Crippen LogP contribution in [0.25, 0.3) is 33.8 Å². The van der Waals surface area contributed by atoms with Gasteiger partial charge in [0.1, 0.15) is 0 Å². The third-order valence-electron chi connectivity index (χ3n) is 5.93. The van der Waals surface area contributed by atoms with E-state index in [1.54, 1.807) is 19.3 Å². The number of nitrogens with one attached hydrogen (secondary N) is 2. The lowest BCUT2D eigenvalue weighted by atomic mass is 9.96. The molecule has 0 bridgehead atoms. The Morgan fingerprint density at radius 3 is 2.42 bits per heavy atom. The molecule has 0 atom stereocenters. The van der Waals surface area contributed by atoms with Crippen LogP contribution in [0.1, 0.15) is 62.3 Å². The van der Waals surface area contributed by atoms with Crippen molar-refractivity contribution in [3.63, 3.8) is 0 Å². The number of halogens is 3. The molecule has 0 spiro atoms. The van der Waals surface area contributed by atoms with Gasteiger partial charge in [0, 0.05) is 37.0 Å². The molecule has 4 N–H and O–H groups in total. The molecule has 4 aromatic heterocycles. The summed E-state index contributed by atoms with van der Waals surface area (Å²) in [5, 5.41) is 10.5. The van der Waals surface area contributed by atoms with Crippen molar-refractivity contribution < 1.29 is 22.5 Å². The minimum absolute atomic E-state index is 0.132. The SMILES string of the molecule is C=C.CC.Cn1cc(N)c(-c2nc3nccc(-c4ccc(CNC(=O)c5nc(C(C)(C)C)no5)c(C(F)(F)F)c4)c3[nH]2)n1. The molecule has 0 radical (unpaired) electrons. The number of fused-ring (bicyclic) bond motifs is 1. The van der Waals surface area contributed by atoms with E-state index in [9.17, 15) is 18.0 Å². The van der Waals surface area contributed by atoms with E-state index in [0.717, 1.165) is 6.07 Å². The zero-order chi connectivity index (χ0) is 32.1. The molecule has 5 aromatic rings. The zero-order valence-corrected chi connectivity index (χ0v) is 24.8. The normalized spacial score (nSPS) is 11.4. The van der Waals surface area contributed by atoms with Gasteiger partial charge in [-0.1, -0.05) is 51.9 Å². The maximum absolute atomic E-state index is 14.1. The Bertz CT molecular complexity index is 1710. The van der Waals surface area contributed by atoms with Crippen LogP contribution < -0.4 is 11.1 Å². The first-order valence-electron chi connectivity index (χ1n) is 13.3. The number of nitrogens with two attached hydrogens (primary N) is 1. The maximum atomic E-state index is 14.1. The van der Waals surface area contributed by atoms with Crippen LogP contribution in [0.2, 0.25) is 0 Å². The number of nitrogen functional groups attached to an aromatic ring is 1. The van der Waals surface area contributed by atoms with Crippen molar-refractivity contribution in [3.05, 3.63) is 72.7 Å². The minimum atomic E-state index is -4.69. The summed E-state index contributed by atoms with van der Waals surface area (Å²) in [6.45, 7) is 15.1. The Morgan fingerprint density at radius 2 is 1.84 bits per heavy atom. The second-order valence-corrected chi connectivity index (χ2v) is 9.97. The maximum Gasteiger partial charge on any atom is 0.416 e. The highest BCUT2D eigenvalue weighted by molar-refractivity contribution is 5.92. The number of alkyl halides is 3. The third-order valence-corrected chi connectivity index (χ3v) is 5.93. The zero-order valence-electron chi connectivity index (χ0n) is 24.8. The number of pyridine rings is 1. The number of imidazole rings is 1. The number of aromatic amines is 1. The van der Waals surface area contributed by atoms with Gasteiger partial charge >= 0.3 is 18.0 Å². The second kappa shape index (κ2) is 12.9. The summed E-state index contributed by atoms with van der Waals surface area (Å²) in [5.74, 6) is -0.448. The summed E-state index contributed by atoms with van der Waals surface area (Å²) < 4.78 is 48.8. The molecule has 228 valence electrons. The smallest absolute Gasteiger partial charge is 0.396 e. The molecule has 5 rings (SSSR count). The molecule has 0 saturated heterocycles. The summed E-state index contributed by atoms with van der Waals surface area (Å²) in [5.41, 5.74) is 6.76. The average molecular weight is 598 g/mol. The minimum Gasteiger partial charge on any atom is -0.396 e. The molecule has 0 aliphatic rings. The Labute approximate surface area is 246 Å². The highest BCUT2D eigenvalue weighted by Crippen LogP contribution is 2.37. The first-order chi connectivity index (χ1) is 20.3. The third kappa shape index (κ3) is 7.08. The van der Waals surface area contributed by atoms with Crippen LogP contribution in [-0.4, -0.2) is 40.8 Å². The standard InChI is InChI=1S/C25H24F3N9O2.C2H6.C2H4/c1-24(2,3)23-34-22(39-36-23)21(38)31-10-13-6-5-12(9-15(13)25(26,27)28)14-7-8-30-19-17(14)32-20(33-19)18-16(29)11-37(4)35-18;2*1-2/h5-9,11H,10,29H2,1-4H3,(H,31,38)(H,30,32,33);1-2H3;1-2H2. The molecule has 0 fully saturated rings. The highest BCUT2D eigenvalue weighted by Gasteiger charge is 2.34. The quantitative estimate of drug-likeness (QED) is 0.207. The second-order valence-electron chi connectivity index (χ2n) is 9.97. The van der Waals surface area contributed by atoms with Gasteiger partial charge in [0.2, 0.25) is 0 Å². The Kier molecular flexibility index (Phi) is 9.74. The molecule has 11 nitrogen and oxygen atoms in total. The molecule has 4 heterocycles. The Balaban J connectivity index is 0.00000121. The molecule has 14 heteroatoms.